The quantitative estimate of drug-likeness (QED) is 0.666. The van der Waals surface area contributed by atoms with Crippen LogP contribution in [0.1, 0.15) is 26.3 Å². The molecule has 3 heterocycles. The fraction of sp³-hybridized carbons (Fsp3) is 0.294. The van der Waals surface area contributed by atoms with Gasteiger partial charge in [0, 0.05) is 24.5 Å². The number of fused-ring (bicyclic) bond motifs is 1. The van der Waals surface area contributed by atoms with Gasteiger partial charge in [0.2, 0.25) is 0 Å². The largest absolute Gasteiger partial charge is 0.443 e. The number of carbonyl (C=O) groups excluding carboxylic acids is 1. The number of pyridine rings is 1. The highest BCUT2D eigenvalue weighted by Crippen LogP contribution is 2.24. The molecule has 0 saturated heterocycles. The van der Waals surface area contributed by atoms with Crippen LogP contribution in [0.3, 0.4) is 0 Å². The smallest absolute Gasteiger partial charge is 0.416 e. The predicted octanol–water partition coefficient (Wildman–Crippen LogP) is 3.72. The number of aromatic nitrogens is 4. The van der Waals surface area contributed by atoms with Crippen molar-refractivity contribution >= 4 is 29.2 Å². The zero-order valence-electron chi connectivity index (χ0n) is 14.2. The normalized spacial score (nSPS) is 11.5. The average Bonchev–Trinajstić information content (AvgIpc) is 2.99. The maximum atomic E-state index is 12.8. The monoisotopic (exact) mass is 359 g/mol. The van der Waals surface area contributed by atoms with Gasteiger partial charge in [-0.25, -0.2) is 9.78 Å². The van der Waals surface area contributed by atoms with Gasteiger partial charge < -0.3 is 4.74 Å². The van der Waals surface area contributed by atoms with Crippen molar-refractivity contribution in [1.82, 2.24) is 19.6 Å². The van der Waals surface area contributed by atoms with E-state index in [1.165, 1.54) is 4.90 Å². The summed E-state index contributed by atoms with van der Waals surface area (Å²) in [5.74, 6) is 0.470. The van der Waals surface area contributed by atoms with Crippen LogP contribution in [0.4, 0.5) is 10.6 Å². The molecule has 130 valence electrons. The Balaban J connectivity index is 2.06. The van der Waals surface area contributed by atoms with Crippen LogP contribution in [0, 0.1) is 0 Å². The van der Waals surface area contributed by atoms with E-state index in [9.17, 15) is 4.79 Å². The van der Waals surface area contributed by atoms with Crippen molar-refractivity contribution in [3.63, 3.8) is 0 Å². The number of halogens is 1. The average molecular weight is 360 g/mol. The van der Waals surface area contributed by atoms with Crippen LogP contribution < -0.4 is 4.90 Å². The van der Waals surface area contributed by atoms with Crippen molar-refractivity contribution in [2.24, 2.45) is 0 Å². The van der Waals surface area contributed by atoms with E-state index in [-0.39, 0.29) is 11.7 Å². The van der Waals surface area contributed by atoms with Gasteiger partial charge >= 0.3 is 6.09 Å². The van der Waals surface area contributed by atoms with Gasteiger partial charge in [-0.2, -0.15) is 9.61 Å². The Hall–Kier alpha value is -2.67. The van der Waals surface area contributed by atoms with E-state index in [2.05, 4.69) is 15.1 Å². The molecule has 3 aromatic heterocycles. The maximum Gasteiger partial charge on any atom is 0.416 e. The first-order valence-corrected chi connectivity index (χ1v) is 8.11. The van der Waals surface area contributed by atoms with E-state index in [4.69, 9.17) is 16.3 Å². The molecule has 3 rings (SSSR count). The summed E-state index contributed by atoms with van der Waals surface area (Å²) < 4.78 is 7.10. The summed E-state index contributed by atoms with van der Waals surface area (Å²) in [6.45, 7) is 5.71. The number of ether oxygens (including phenoxy) is 1. The molecule has 0 N–H and O–H groups in total. The minimum absolute atomic E-state index is 0.262. The van der Waals surface area contributed by atoms with Crippen molar-refractivity contribution in [3.05, 3.63) is 53.6 Å². The second-order valence-corrected chi connectivity index (χ2v) is 6.85. The zero-order valence-corrected chi connectivity index (χ0v) is 14.9. The van der Waals surface area contributed by atoms with Crippen molar-refractivity contribution in [1.29, 1.82) is 0 Å². The third kappa shape index (κ3) is 4.06. The number of carbonyl (C=O) groups is 1. The molecule has 0 radical (unpaired) electrons. The summed E-state index contributed by atoms with van der Waals surface area (Å²) in [6.07, 6.45) is 4.46. The second-order valence-electron chi connectivity index (χ2n) is 6.47. The molecule has 0 bridgehead atoms. The molecule has 8 heteroatoms. The molecule has 0 aliphatic carbocycles. The lowest BCUT2D eigenvalue weighted by Gasteiger charge is -2.27. The zero-order chi connectivity index (χ0) is 18.0. The molecular weight excluding hydrogens is 342 g/mol. The lowest BCUT2D eigenvalue weighted by atomic mass is 10.2. The van der Waals surface area contributed by atoms with Crippen LogP contribution in [0.2, 0.25) is 5.15 Å². The molecule has 0 aliphatic heterocycles. The summed E-state index contributed by atoms with van der Waals surface area (Å²) in [5.41, 5.74) is 0.758. The fourth-order valence-electron chi connectivity index (χ4n) is 2.29. The van der Waals surface area contributed by atoms with Crippen LogP contribution in [-0.2, 0) is 11.3 Å². The van der Waals surface area contributed by atoms with E-state index in [0.717, 1.165) is 5.56 Å². The van der Waals surface area contributed by atoms with Crippen LogP contribution in [-0.4, -0.2) is 31.3 Å². The van der Waals surface area contributed by atoms with Gasteiger partial charge in [-0.3, -0.25) is 9.88 Å². The summed E-state index contributed by atoms with van der Waals surface area (Å²) in [7, 11) is 0. The van der Waals surface area contributed by atoms with Crippen molar-refractivity contribution in [3.8, 4) is 0 Å². The topological polar surface area (TPSA) is 72.6 Å². The molecule has 0 spiro atoms. The molecule has 0 aromatic carbocycles. The Kier molecular flexibility index (Phi) is 4.59. The highest BCUT2D eigenvalue weighted by atomic mass is 35.5. The molecular formula is C17H18ClN5O2. The maximum absolute atomic E-state index is 12.8. The molecule has 0 atom stereocenters. The Bertz CT molecular complexity index is 889. The van der Waals surface area contributed by atoms with Gasteiger partial charge in [0.15, 0.2) is 5.65 Å². The molecule has 3 aromatic rings. The SMILES string of the molecule is CC(C)(C)OC(=O)N(Cc1cccnc1)c1cc(Cl)nc2ccnn12. The first kappa shape index (κ1) is 17.2. The van der Waals surface area contributed by atoms with Crippen molar-refractivity contribution < 1.29 is 9.53 Å². The summed E-state index contributed by atoms with van der Waals surface area (Å²) in [6, 6.07) is 6.99. The van der Waals surface area contributed by atoms with Crippen molar-refractivity contribution in [2.75, 3.05) is 4.90 Å². The molecule has 0 aliphatic rings. The minimum Gasteiger partial charge on any atom is -0.443 e. The molecule has 7 nitrogen and oxygen atoms in total. The van der Waals surface area contributed by atoms with Gasteiger partial charge in [0.1, 0.15) is 16.6 Å². The van der Waals surface area contributed by atoms with Crippen LogP contribution in [0.5, 0.6) is 0 Å². The van der Waals surface area contributed by atoms with Gasteiger partial charge in [-0.1, -0.05) is 17.7 Å². The number of hydrogen-bond donors (Lipinski definition) is 0. The summed E-state index contributed by atoms with van der Waals surface area (Å²) in [5, 5.41) is 4.50. The third-order valence-electron chi connectivity index (χ3n) is 3.26. The van der Waals surface area contributed by atoms with Crippen LogP contribution in [0.15, 0.2) is 42.9 Å². The molecule has 25 heavy (non-hydrogen) atoms. The third-order valence-corrected chi connectivity index (χ3v) is 3.46. The first-order chi connectivity index (χ1) is 11.8. The molecule has 1 amide bonds. The lowest BCUT2D eigenvalue weighted by molar-refractivity contribution is 0.0575. The van der Waals surface area contributed by atoms with Crippen molar-refractivity contribution in [2.45, 2.75) is 32.9 Å². The van der Waals surface area contributed by atoms with Crippen LogP contribution in [0.25, 0.3) is 5.65 Å². The Labute approximate surface area is 150 Å². The minimum atomic E-state index is -0.635. The summed E-state index contributed by atoms with van der Waals surface area (Å²) in [4.78, 5) is 22.6. The highest BCUT2D eigenvalue weighted by Gasteiger charge is 2.26. The number of anilines is 1. The number of nitrogens with zero attached hydrogens (tertiary/aromatic N) is 5. The molecule has 0 fully saturated rings. The Morgan fingerprint density at radius 2 is 2.12 bits per heavy atom. The molecule has 0 saturated carbocycles. The van der Waals surface area contributed by atoms with E-state index in [0.29, 0.717) is 11.5 Å². The highest BCUT2D eigenvalue weighted by molar-refractivity contribution is 6.29. The predicted molar refractivity (Wildman–Crippen MR) is 94.7 cm³/mol. The van der Waals surface area contributed by atoms with E-state index >= 15 is 0 Å². The molecule has 0 unspecified atom stereocenters. The Morgan fingerprint density at radius 3 is 2.80 bits per heavy atom. The Morgan fingerprint density at radius 1 is 1.32 bits per heavy atom. The van der Waals surface area contributed by atoms with Gasteiger partial charge in [-0.05, 0) is 32.4 Å². The second kappa shape index (κ2) is 6.68. The standard InChI is InChI=1S/C17H18ClN5O2/c1-17(2,3)25-16(24)22(11-12-5-4-7-19-10-12)15-9-13(18)21-14-6-8-20-23(14)15/h4-10H,11H2,1-3H3. The van der Waals surface area contributed by atoms with E-state index in [1.54, 1.807) is 35.2 Å². The van der Waals surface area contributed by atoms with Crippen LogP contribution >= 0.6 is 11.6 Å². The summed E-state index contributed by atoms with van der Waals surface area (Å²) >= 11 is 6.12. The fourth-order valence-corrected chi connectivity index (χ4v) is 2.47. The van der Waals surface area contributed by atoms with Gasteiger partial charge in [0.25, 0.3) is 0 Å². The van der Waals surface area contributed by atoms with E-state index in [1.807, 2.05) is 32.9 Å². The van der Waals surface area contributed by atoms with Gasteiger partial charge in [0.05, 0.1) is 12.7 Å². The van der Waals surface area contributed by atoms with Gasteiger partial charge in [-0.15, -0.1) is 0 Å². The number of hydrogen-bond acceptors (Lipinski definition) is 5. The van der Waals surface area contributed by atoms with E-state index < -0.39 is 11.7 Å². The number of rotatable bonds is 3. The number of amides is 1. The first-order valence-electron chi connectivity index (χ1n) is 7.73. The lowest BCUT2D eigenvalue weighted by Crippen LogP contribution is -2.37.